The highest BCUT2D eigenvalue weighted by Crippen LogP contribution is 2.44. The van der Waals surface area contributed by atoms with Crippen molar-refractivity contribution in [2.24, 2.45) is 11.8 Å². The Labute approximate surface area is 171 Å². The van der Waals surface area contributed by atoms with Crippen LogP contribution in [0, 0.1) is 17.7 Å². The van der Waals surface area contributed by atoms with E-state index in [-0.39, 0.29) is 42.6 Å². The van der Waals surface area contributed by atoms with Crippen LogP contribution in [0.25, 0.3) is 0 Å². The number of carbonyl (C=O) groups is 1. The Bertz CT molecular complexity index is 777. The van der Waals surface area contributed by atoms with Crippen molar-refractivity contribution in [3.63, 3.8) is 0 Å². The van der Waals surface area contributed by atoms with Gasteiger partial charge in [0.2, 0.25) is 5.91 Å². The zero-order valence-electron chi connectivity index (χ0n) is 15.1. The number of rotatable bonds is 3. The van der Waals surface area contributed by atoms with Gasteiger partial charge >= 0.3 is 0 Å². The van der Waals surface area contributed by atoms with Gasteiger partial charge in [-0.25, -0.2) is 4.39 Å². The monoisotopic (exact) mass is 411 g/mol. The minimum atomic E-state index is -0.199. The first-order chi connectivity index (χ1) is 12.1. The maximum absolute atomic E-state index is 13.6. The summed E-state index contributed by atoms with van der Waals surface area (Å²) in [5.74, 6) is 0.745. The first kappa shape index (κ1) is 21.6. The minimum absolute atomic E-state index is 0. The van der Waals surface area contributed by atoms with Gasteiger partial charge in [0.15, 0.2) is 0 Å². The van der Waals surface area contributed by atoms with E-state index in [1.54, 1.807) is 18.3 Å². The van der Waals surface area contributed by atoms with Gasteiger partial charge in [-0.1, -0.05) is 18.2 Å². The number of fused-ring (bicyclic) bond motifs is 1. The number of benzene rings is 1. The Morgan fingerprint density at radius 1 is 1.15 bits per heavy atom. The Balaban J connectivity index is 0.00000131. The lowest BCUT2D eigenvalue weighted by atomic mass is 9.89. The minimum Gasteiger partial charge on any atom is -0.342 e. The van der Waals surface area contributed by atoms with Crippen LogP contribution >= 0.6 is 24.8 Å². The van der Waals surface area contributed by atoms with E-state index >= 15 is 0 Å². The second-order valence-corrected chi connectivity index (χ2v) is 7.16. The lowest BCUT2D eigenvalue weighted by Crippen LogP contribution is -2.34. The summed E-state index contributed by atoms with van der Waals surface area (Å²) in [6.07, 6.45) is 2.07. The zero-order chi connectivity index (χ0) is 17.4. The molecule has 0 saturated carbocycles. The predicted molar refractivity (Wildman–Crippen MR) is 108 cm³/mol. The Morgan fingerprint density at radius 2 is 1.96 bits per heavy atom. The van der Waals surface area contributed by atoms with E-state index in [1.165, 1.54) is 6.07 Å². The van der Waals surface area contributed by atoms with Crippen LogP contribution in [0.15, 0.2) is 48.7 Å². The molecule has 0 aliphatic carbocycles. The Kier molecular flexibility index (Phi) is 7.20. The molecule has 3 atom stereocenters. The second kappa shape index (κ2) is 9.00. The van der Waals surface area contributed by atoms with Crippen LogP contribution in [0.2, 0.25) is 0 Å². The molecule has 3 heterocycles. The third-order valence-corrected chi connectivity index (χ3v) is 5.50. The SMILES string of the molecule is CN1C[C@H]2CN(C(=O)Cc3ccccn3)C[C@H]2[C@@H]1c1cccc(F)c1.Cl.Cl. The number of carbonyl (C=O) groups excluding carboxylic acids is 1. The van der Waals surface area contributed by atoms with Crippen LogP contribution in [0.4, 0.5) is 4.39 Å². The van der Waals surface area contributed by atoms with Crippen LogP contribution < -0.4 is 0 Å². The molecule has 4 rings (SSSR count). The summed E-state index contributed by atoms with van der Waals surface area (Å²) in [5.41, 5.74) is 1.82. The summed E-state index contributed by atoms with van der Waals surface area (Å²) in [6, 6.07) is 12.7. The topological polar surface area (TPSA) is 36.4 Å². The normalized spacial score (nSPS) is 24.1. The molecule has 0 spiro atoms. The highest BCUT2D eigenvalue weighted by Gasteiger charge is 2.47. The largest absolute Gasteiger partial charge is 0.342 e. The fourth-order valence-corrected chi connectivity index (χ4v) is 4.42. The Hall–Kier alpha value is -1.69. The van der Waals surface area contributed by atoms with E-state index in [1.807, 2.05) is 29.2 Å². The molecular formula is C20H24Cl2FN3O. The molecular weight excluding hydrogens is 388 g/mol. The number of hydrogen-bond donors (Lipinski definition) is 0. The average Bonchev–Trinajstić information content (AvgIpc) is 3.12. The number of amides is 1. The van der Waals surface area contributed by atoms with Crippen LogP contribution in [-0.4, -0.2) is 47.4 Å². The van der Waals surface area contributed by atoms with Gasteiger partial charge in [0.05, 0.1) is 6.42 Å². The molecule has 0 unspecified atom stereocenters. The summed E-state index contributed by atoms with van der Waals surface area (Å²) in [6.45, 7) is 2.47. The van der Waals surface area contributed by atoms with E-state index in [2.05, 4.69) is 16.9 Å². The molecule has 27 heavy (non-hydrogen) atoms. The summed E-state index contributed by atoms with van der Waals surface area (Å²) < 4.78 is 13.6. The van der Waals surface area contributed by atoms with Crippen molar-refractivity contribution in [1.82, 2.24) is 14.8 Å². The van der Waals surface area contributed by atoms with E-state index < -0.39 is 0 Å². The second-order valence-electron chi connectivity index (χ2n) is 7.16. The zero-order valence-corrected chi connectivity index (χ0v) is 16.8. The molecule has 2 fully saturated rings. The smallest absolute Gasteiger partial charge is 0.228 e. The van der Waals surface area contributed by atoms with E-state index in [4.69, 9.17) is 0 Å². The highest BCUT2D eigenvalue weighted by atomic mass is 35.5. The van der Waals surface area contributed by atoms with E-state index in [0.717, 1.165) is 30.9 Å². The average molecular weight is 412 g/mol. The van der Waals surface area contributed by atoms with Crippen molar-refractivity contribution in [3.05, 3.63) is 65.7 Å². The molecule has 0 N–H and O–H groups in total. The van der Waals surface area contributed by atoms with E-state index in [0.29, 0.717) is 18.3 Å². The van der Waals surface area contributed by atoms with Crippen molar-refractivity contribution < 1.29 is 9.18 Å². The maximum Gasteiger partial charge on any atom is 0.228 e. The van der Waals surface area contributed by atoms with Crippen LogP contribution in [-0.2, 0) is 11.2 Å². The molecule has 0 bridgehead atoms. The van der Waals surface area contributed by atoms with Gasteiger partial charge in [0, 0.05) is 43.5 Å². The van der Waals surface area contributed by atoms with Gasteiger partial charge in [-0.15, -0.1) is 24.8 Å². The molecule has 146 valence electrons. The number of hydrogen-bond acceptors (Lipinski definition) is 3. The third-order valence-electron chi connectivity index (χ3n) is 5.50. The molecule has 2 saturated heterocycles. The van der Waals surface area contributed by atoms with Gasteiger partial charge in [-0.05, 0) is 42.8 Å². The lowest BCUT2D eigenvalue weighted by Gasteiger charge is -2.27. The van der Waals surface area contributed by atoms with Crippen molar-refractivity contribution in [2.45, 2.75) is 12.5 Å². The van der Waals surface area contributed by atoms with Gasteiger partial charge in [0.1, 0.15) is 5.82 Å². The molecule has 2 aromatic rings. The molecule has 7 heteroatoms. The summed E-state index contributed by atoms with van der Waals surface area (Å²) in [4.78, 5) is 21.1. The molecule has 0 radical (unpaired) electrons. The number of aromatic nitrogens is 1. The first-order valence-corrected chi connectivity index (χ1v) is 8.75. The maximum atomic E-state index is 13.6. The lowest BCUT2D eigenvalue weighted by molar-refractivity contribution is -0.129. The predicted octanol–water partition coefficient (Wildman–Crippen LogP) is 3.37. The summed E-state index contributed by atoms with van der Waals surface area (Å²) in [5, 5.41) is 0. The molecule has 1 amide bonds. The molecule has 2 aliphatic heterocycles. The molecule has 1 aromatic heterocycles. The molecule has 1 aromatic carbocycles. The van der Waals surface area contributed by atoms with Crippen LogP contribution in [0.5, 0.6) is 0 Å². The van der Waals surface area contributed by atoms with Crippen molar-refractivity contribution in [1.29, 1.82) is 0 Å². The van der Waals surface area contributed by atoms with Gasteiger partial charge in [-0.3, -0.25) is 14.7 Å². The Morgan fingerprint density at radius 3 is 2.67 bits per heavy atom. The van der Waals surface area contributed by atoms with Crippen LogP contribution in [0.1, 0.15) is 17.3 Å². The quantitative estimate of drug-likeness (QED) is 0.776. The van der Waals surface area contributed by atoms with Crippen molar-refractivity contribution >= 4 is 30.7 Å². The molecule has 4 nitrogen and oxygen atoms in total. The van der Waals surface area contributed by atoms with Gasteiger partial charge in [0.25, 0.3) is 0 Å². The summed E-state index contributed by atoms with van der Waals surface area (Å²) >= 11 is 0. The fourth-order valence-electron chi connectivity index (χ4n) is 4.42. The van der Waals surface area contributed by atoms with Crippen molar-refractivity contribution in [2.75, 3.05) is 26.7 Å². The molecule has 2 aliphatic rings. The summed E-state index contributed by atoms with van der Waals surface area (Å²) in [7, 11) is 2.09. The third kappa shape index (κ3) is 4.42. The number of likely N-dealkylation sites (tertiary alicyclic amines) is 2. The van der Waals surface area contributed by atoms with Crippen LogP contribution in [0.3, 0.4) is 0 Å². The van der Waals surface area contributed by atoms with E-state index in [9.17, 15) is 9.18 Å². The number of pyridine rings is 1. The number of nitrogens with zero attached hydrogens (tertiary/aromatic N) is 3. The van der Waals surface area contributed by atoms with Crippen molar-refractivity contribution in [3.8, 4) is 0 Å². The number of halogens is 3. The fraction of sp³-hybridized carbons (Fsp3) is 0.400. The van der Waals surface area contributed by atoms with Gasteiger partial charge in [-0.2, -0.15) is 0 Å². The first-order valence-electron chi connectivity index (χ1n) is 8.75. The highest BCUT2D eigenvalue weighted by molar-refractivity contribution is 5.85. The standard InChI is InChI=1S/C20H22FN3O.2ClH/c1-23-11-15-12-24(19(25)10-17-7-2-3-8-22-17)13-18(15)20(23)14-5-4-6-16(21)9-14;;/h2-9,15,18,20H,10-13H2,1H3;2*1H/t15-,18+,20-;;/m0../s1. The van der Waals surface area contributed by atoms with Gasteiger partial charge < -0.3 is 4.90 Å².